The zero-order valence-electron chi connectivity index (χ0n) is 5.76. The highest BCUT2D eigenvalue weighted by Crippen LogP contribution is 2.00. The van der Waals surface area contributed by atoms with Crippen molar-refractivity contribution in [2.75, 3.05) is 11.5 Å². The molecule has 0 saturated heterocycles. The van der Waals surface area contributed by atoms with Crippen LogP contribution in [0.4, 0.5) is 0 Å². The van der Waals surface area contributed by atoms with Crippen LogP contribution in [-0.4, -0.2) is 17.5 Å². The Morgan fingerprint density at radius 2 is 2.56 bits per heavy atom. The molecule has 1 unspecified atom stereocenters. The van der Waals surface area contributed by atoms with E-state index in [9.17, 15) is 0 Å². The van der Waals surface area contributed by atoms with E-state index >= 15 is 0 Å². The Hall–Kier alpha value is 0.01000. The van der Waals surface area contributed by atoms with Gasteiger partial charge in [0.1, 0.15) is 0 Å². The van der Waals surface area contributed by atoms with Crippen LogP contribution in [0.5, 0.6) is 0 Å². The molecule has 54 valence electrons. The molecule has 0 spiro atoms. The molecule has 0 rings (SSSR count). The van der Waals surface area contributed by atoms with Gasteiger partial charge in [-0.25, -0.2) is 0 Å². The Bertz CT molecular complexity index is 75.5. The summed E-state index contributed by atoms with van der Waals surface area (Å²) in [6.07, 6.45) is 1.82. The van der Waals surface area contributed by atoms with Crippen molar-refractivity contribution in [3.63, 3.8) is 0 Å². The van der Waals surface area contributed by atoms with Crippen molar-refractivity contribution in [3.05, 3.63) is 12.7 Å². The van der Waals surface area contributed by atoms with E-state index in [4.69, 9.17) is 5.84 Å². The summed E-state index contributed by atoms with van der Waals surface area (Å²) in [7, 11) is 0. The second kappa shape index (κ2) is 6.13. The van der Waals surface area contributed by atoms with Crippen LogP contribution in [0.25, 0.3) is 0 Å². The van der Waals surface area contributed by atoms with Crippen molar-refractivity contribution in [2.24, 2.45) is 5.84 Å². The molecule has 9 heavy (non-hydrogen) atoms. The number of nitrogens with one attached hydrogen (secondary N) is 1. The molecule has 0 fully saturated rings. The van der Waals surface area contributed by atoms with Crippen LogP contribution in [-0.2, 0) is 0 Å². The number of hydrogen-bond donors (Lipinski definition) is 2. The van der Waals surface area contributed by atoms with E-state index in [-0.39, 0.29) is 6.04 Å². The molecule has 2 nitrogen and oxygen atoms in total. The van der Waals surface area contributed by atoms with Crippen LogP contribution in [0.1, 0.15) is 6.92 Å². The van der Waals surface area contributed by atoms with Gasteiger partial charge in [-0.2, -0.15) is 11.8 Å². The van der Waals surface area contributed by atoms with Gasteiger partial charge in [-0.05, 0) is 5.75 Å². The third-order valence-corrected chi connectivity index (χ3v) is 2.00. The zero-order valence-corrected chi connectivity index (χ0v) is 6.58. The average Bonchev–Trinajstić information content (AvgIpc) is 1.91. The normalized spacial score (nSPS) is 13.1. The molecular weight excluding hydrogens is 132 g/mol. The molecule has 0 aliphatic rings. The highest BCUT2D eigenvalue weighted by molar-refractivity contribution is 7.99. The standard InChI is InChI=1S/C6H14N2S/c1-3-6(8-7)5-9-4-2/h3,6,8H,1,4-5,7H2,2H3. The number of hydrazine groups is 1. The van der Waals surface area contributed by atoms with Crippen LogP contribution < -0.4 is 11.3 Å². The van der Waals surface area contributed by atoms with Crippen LogP contribution in [0.15, 0.2) is 12.7 Å². The molecule has 0 aromatic carbocycles. The van der Waals surface area contributed by atoms with E-state index in [0.29, 0.717) is 0 Å². The maximum Gasteiger partial charge on any atom is 0.0478 e. The van der Waals surface area contributed by atoms with Crippen molar-refractivity contribution < 1.29 is 0 Å². The monoisotopic (exact) mass is 146 g/mol. The number of hydrogen-bond acceptors (Lipinski definition) is 3. The first-order valence-corrected chi connectivity index (χ1v) is 4.17. The third kappa shape index (κ3) is 4.51. The lowest BCUT2D eigenvalue weighted by Crippen LogP contribution is -2.35. The molecular formula is C6H14N2S. The molecule has 0 aromatic rings. The van der Waals surface area contributed by atoms with E-state index in [1.165, 1.54) is 0 Å². The maximum atomic E-state index is 5.19. The van der Waals surface area contributed by atoms with Gasteiger partial charge >= 0.3 is 0 Å². The fourth-order valence-corrected chi connectivity index (χ4v) is 1.15. The maximum absolute atomic E-state index is 5.19. The van der Waals surface area contributed by atoms with Gasteiger partial charge in [-0.3, -0.25) is 11.3 Å². The van der Waals surface area contributed by atoms with Crippen molar-refractivity contribution in [3.8, 4) is 0 Å². The molecule has 3 heteroatoms. The summed E-state index contributed by atoms with van der Waals surface area (Å²) in [5.74, 6) is 7.33. The fraction of sp³-hybridized carbons (Fsp3) is 0.667. The highest BCUT2D eigenvalue weighted by atomic mass is 32.2. The lowest BCUT2D eigenvalue weighted by molar-refractivity contribution is 0.678. The molecule has 0 amide bonds. The first-order chi connectivity index (χ1) is 4.35. The Labute approximate surface area is 60.9 Å². The Balaban J connectivity index is 3.20. The minimum Gasteiger partial charge on any atom is -0.271 e. The van der Waals surface area contributed by atoms with Gasteiger partial charge in [0.25, 0.3) is 0 Å². The molecule has 0 aromatic heterocycles. The fourth-order valence-electron chi connectivity index (χ4n) is 0.429. The minimum atomic E-state index is 0.259. The van der Waals surface area contributed by atoms with Crippen molar-refractivity contribution >= 4 is 11.8 Å². The third-order valence-electron chi connectivity index (χ3n) is 1.00. The molecule has 1 atom stereocenters. The van der Waals surface area contributed by atoms with Gasteiger partial charge in [0.2, 0.25) is 0 Å². The van der Waals surface area contributed by atoms with Gasteiger partial charge in [0.05, 0.1) is 0 Å². The van der Waals surface area contributed by atoms with Gasteiger partial charge in [0, 0.05) is 11.8 Å². The minimum absolute atomic E-state index is 0.259. The summed E-state index contributed by atoms with van der Waals surface area (Å²) in [4.78, 5) is 0. The second-order valence-electron chi connectivity index (χ2n) is 1.67. The molecule has 0 radical (unpaired) electrons. The van der Waals surface area contributed by atoms with Gasteiger partial charge in [-0.15, -0.1) is 6.58 Å². The van der Waals surface area contributed by atoms with Crippen molar-refractivity contribution in [1.82, 2.24) is 5.43 Å². The van der Waals surface area contributed by atoms with E-state index in [1.54, 1.807) is 0 Å². The van der Waals surface area contributed by atoms with Crippen molar-refractivity contribution in [1.29, 1.82) is 0 Å². The Morgan fingerprint density at radius 1 is 1.89 bits per heavy atom. The summed E-state index contributed by atoms with van der Waals surface area (Å²) in [5.41, 5.74) is 2.65. The van der Waals surface area contributed by atoms with Gasteiger partial charge < -0.3 is 0 Å². The van der Waals surface area contributed by atoms with Crippen LogP contribution >= 0.6 is 11.8 Å². The number of rotatable bonds is 5. The summed E-state index contributed by atoms with van der Waals surface area (Å²) >= 11 is 1.85. The predicted molar refractivity (Wildman–Crippen MR) is 44.3 cm³/mol. The molecule has 0 bridgehead atoms. The first kappa shape index (κ1) is 9.01. The average molecular weight is 146 g/mol. The topological polar surface area (TPSA) is 38.0 Å². The smallest absolute Gasteiger partial charge is 0.0478 e. The quantitative estimate of drug-likeness (QED) is 0.341. The predicted octanol–water partition coefficient (Wildman–Crippen LogP) is 0.757. The van der Waals surface area contributed by atoms with Crippen LogP contribution in [0.3, 0.4) is 0 Å². The molecule has 0 aliphatic carbocycles. The SMILES string of the molecule is C=CC(CSCC)NN. The first-order valence-electron chi connectivity index (χ1n) is 3.01. The summed E-state index contributed by atoms with van der Waals surface area (Å²) in [6, 6.07) is 0.259. The van der Waals surface area contributed by atoms with E-state index in [0.717, 1.165) is 11.5 Å². The summed E-state index contributed by atoms with van der Waals surface area (Å²) < 4.78 is 0. The second-order valence-corrected chi connectivity index (χ2v) is 2.99. The van der Waals surface area contributed by atoms with E-state index < -0.39 is 0 Å². The largest absolute Gasteiger partial charge is 0.271 e. The lowest BCUT2D eigenvalue weighted by atomic mass is 10.4. The Morgan fingerprint density at radius 3 is 2.89 bits per heavy atom. The molecule has 3 N–H and O–H groups in total. The number of nitrogens with two attached hydrogens (primary N) is 1. The van der Waals surface area contributed by atoms with Crippen LogP contribution in [0, 0.1) is 0 Å². The van der Waals surface area contributed by atoms with Gasteiger partial charge in [0.15, 0.2) is 0 Å². The number of thioether (sulfide) groups is 1. The lowest BCUT2D eigenvalue weighted by Gasteiger charge is -2.07. The van der Waals surface area contributed by atoms with Crippen LogP contribution in [0.2, 0.25) is 0 Å². The van der Waals surface area contributed by atoms with E-state index in [2.05, 4.69) is 18.9 Å². The zero-order chi connectivity index (χ0) is 7.11. The molecule has 0 saturated carbocycles. The summed E-state index contributed by atoms with van der Waals surface area (Å²) in [6.45, 7) is 5.76. The van der Waals surface area contributed by atoms with Crippen molar-refractivity contribution in [2.45, 2.75) is 13.0 Å². The van der Waals surface area contributed by atoms with E-state index in [1.807, 2.05) is 17.8 Å². The summed E-state index contributed by atoms with van der Waals surface area (Å²) in [5, 5.41) is 0. The Kier molecular flexibility index (Phi) is 6.14. The molecule has 0 aliphatic heterocycles. The molecule has 0 heterocycles. The van der Waals surface area contributed by atoms with Gasteiger partial charge in [-0.1, -0.05) is 13.0 Å². The highest BCUT2D eigenvalue weighted by Gasteiger charge is 1.97.